The second-order valence-corrected chi connectivity index (χ2v) is 4.02. The lowest BCUT2D eigenvalue weighted by atomic mass is 9.92. The first-order valence-electron chi connectivity index (χ1n) is 4.20. The van der Waals surface area contributed by atoms with Crippen LogP contribution in [0.15, 0.2) is 22.1 Å². The highest BCUT2D eigenvalue weighted by molar-refractivity contribution is 7.84. The molecule has 0 saturated heterocycles. The Morgan fingerprint density at radius 1 is 1.36 bits per heavy atom. The molecule has 0 saturated carbocycles. The smallest absolute Gasteiger partial charge is 0.00289 e. The molecule has 0 fully saturated rings. The molecule has 0 spiro atoms. The summed E-state index contributed by atoms with van der Waals surface area (Å²) in [6, 6.07) is 0. The van der Waals surface area contributed by atoms with Crippen LogP contribution in [-0.4, -0.2) is 0 Å². The number of allylic oxidation sites excluding steroid dienone is 3. The van der Waals surface area contributed by atoms with E-state index in [2.05, 4.69) is 39.5 Å². The summed E-state index contributed by atoms with van der Waals surface area (Å²) in [6.45, 7) is 6.65. The molecule has 1 rings (SSSR count). The monoisotopic (exact) mass is 168 g/mol. The maximum Gasteiger partial charge on any atom is 0.00289 e. The van der Waals surface area contributed by atoms with Crippen LogP contribution in [-0.2, 0) is 0 Å². The molecule has 0 radical (unpaired) electrons. The third kappa shape index (κ3) is 2.13. The van der Waals surface area contributed by atoms with E-state index in [0.29, 0.717) is 5.92 Å². The molecule has 62 valence electrons. The Kier molecular flexibility index (Phi) is 2.83. The molecular weight excluding hydrogens is 152 g/mol. The van der Waals surface area contributed by atoms with Gasteiger partial charge in [-0.2, -0.15) is 0 Å². The maximum atomic E-state index is 4.41. The van der Waals surface area contributed by atoms with Crippen molar-refractivity contribution >= 4 is 12.6 Å². The van der Waals surface area contributed by atoms with E-state index in [1.807, 2.05) is 0 Å². The maximum absolute atomic E-state index is 4.41. The fourth-order valence-electron chi connectivity index (χ4n) is 1.29. The Bertz CT molecular complexity index is 209. The molecule has 0 nitrogen and oxygen atoms in total. The molecule has 0 aromatic rings. The SMILES string of the molecule is CC1=C(S)C=C(C(C)C)CC1. The number of hydrogen-bond acceptors (Lipinski definition) is 1. The van der Waals surface area contributed by atoms with Gasteiger partial charge in [-0.1, -0.05) is 25.0 Å². The van der Waals surface area contributed by atoms with Gasteiger partial charge in [0.25, 0.3) is 0 Å². The fraction of sp³-hybridized carbons (Fsp3) is 0.600. The Morgan fingerprint density at radius 2 is 2.00 bits per heavy atom. The van der Waals surface area contributed by atoms with Gasteiger partial charge in [-0.25, -0.2) is 0 Å². The van der Waals surface area contributed by atoms with Crippen LogP contribution in [0.25, 0.3) is 0 Å². The predicted molar refractivity (Wildman–Crippen MR) is 53.8 cm³/mol. The second-order valence-electron chi connectivity index (χ2n) is 3.54. The summed E-state index contributed by atoms with van der Waals surface area (Å²) in [5, 5.41) is 0. The van der Waals surface area contributed by atoms with E-state index in [0.717, 1.165) is 0 Å². The van der Waals surface area contributed by atoms with E-state index < -0.39 is 0 Å². The van der Waals surface area contributed by atoms with Crippen molar-refractivity contribution in [3.63, 3.8) is 0 Å². The van der Waals surface area contributed by atoms with Gasteiger partial charge in [-0.05, 0) is 31.8 Å². The van der Waals surface area contributed by atoms with E-state index in [1.54, 1.807) is 5.57 Å². The number of thiol groups is 1. The van der Waals surface area contributed by atoms with Crippen LogP contribution in [0.5, 0.6) is 0 Å². The molecule has 0 amide bonds. The number of rotatable bonds is 1. The first kappa shape index (κ1) is 8.92. The molecule has 1 aliphatic rings. The van der Waals surface area contributed by atoms with Crippen molar-refractivity contribution < 1.29 is 0 Å². The van der Waals surface area contributed by atoms with Crippen LogP contribution in [0.2, 0.25) is 0 Å². The lowest BCUT2D eigenvalue weighted by Gasteiger charge is -2.17. The topological polar surface area (TPSA) is 0 Å². The van der Waals surface area contributed by atoms with Crippen LogP contribution < -0.4 is 0 Å². The second kappa shape index (κ2) is 3.48. The lowest BCUT2D eigenvalue weighted by molar-refractivity contribution is 0.699. The molecule has 0 N–H and O–H groups in total. The average Bonchev–Trinajstić information content (AvgIpc) is 1.94. The highest BCUT2D eigenvalue weighted by atomic mass is 32.1. The van der Waals surface area contributed by atoms with E-state index in [4.69, 9.17) is 0 Å². The van der Waals surface area contributed by atoms with Gasteiger partial charge in [-0.3, -0.25) is 0 Å². The van der Waals surface area contributed by atoms with Gasteiger partial charge >= 0.3 is 0 Å². The Balaban J connectivity index is 2.81. The summed E-state index contributed by atoms with van der Waals surface area (Å²) in [5.41, 5.74) is 2.97. The van der Waals surface area contributed by atoms with Gasteiger partial charge in [0, 0.05) is 4.91 Å². The van der Waals surface area contributed by atoms with Gasteiger partial charge in [0.2, 0.25) is 0 Å². The molecule has 0 aromatic heterocycles. The zero-order valence-electron chi connectivity index (χ0n) is 7.52. The minimum absolute atomic E-state index is 0.685. The van der Waals surface area contributed by atoms with Crippen molar-refractivity contribution in [1.82, 2.24) is 0 Å². The Hall–Kier alpha value is -0.170. The van der Waals surface area contributed by atoms with E-state index in [1.165, 1.54) is 23.3 Å². The normalized spacial score (nSPS) is 19.2. The number of hydrogen-bond donors (Lipinski definition) is 1. The zero-order chi connectivity index (χ0) is 8.43. The summed E-state index contributed by atoms with van der Waals surface area (Å²) in [5.74, 6) is 0.685. The largest absolute Gasteiger partial charge is 0.143 e. The van der Waals surface area contributed by atoms with Crippen LogP contribution >= 0.6 is 12.6 Å². The third-order valence-corrected chi connectivity index (χ3v) is 2.80. The van der Waals surface area contributed by atoms with Gasteiger partial charge in [-0.15, -0.1) is 12.6 Å². The summed E-state index contributed by atoms with van der Waals surface area (Å²) in [6.07, 6.45) is 4.66. The van der Waals surface area contributed by atoms with Crippen molar-refractivity contribution in [2.24, 2.45) is 5.92 Å². The first-order valence-corrected chi connectivity index (χ1v) is 4.65. The minimum atomic E-state index is 0.685. The van der Waals surface area contributed by atoms with Crippen molar-refractivity contribution in [2.75, 3.05) is 0 Å². The van der Waals surface area contributed by atoms with Gasteiger partial charge < -0.3 is 0 Å². The average molecular weight is 168 g/mol. The summed E-state index contributed by atoms with van der Waals surface area (Å²) in [4.78, 5) is 1.18. The first-order chi connectivity index (χ1) is 5.11. The standard InChI is InChI=1S/C10H16S/c1-7(2)9-5-4-8(3)10(11)6-9/h6-7,11H,4-5H2,1-3H3. The highest BCUT2D eigenvalue weighted by Gasteiger charge is 2.09. The summed E-state index contributed by atoms with van der Waals surface area (Å²) in [7, 11) is 0. The van der Waals surface area contributed by atoms with Crippen molar-refractivity contribution in [3.8, 4) is 0 Å². The van der Waals surface area contributed by atoms with Gasteiger partial charge in [0.15, 0.2) is 0 Å². The Labute approximate surface area is 74.8 Å². The lowest BCUT2D eigenvalue weighted by Crippen LogP contribution is -1.99. The van der Waals surface area contributed by atoms with Crippen molar-refractivity contribution in [2.45, 2.75) is 33.6 Å². The predicted octanol–water partition coefficient (Wildman–Crippen LogP) is 3.57. The molecular formula is C10H16S. The van der Waals surface area contributed by atoms with Crippen molar-refractivity contribution in [3.05, 3.63) is 22.1 Å². The molecule has 0 aromatic carbocycles. The van der Waals surface area contributed by atoms with E-state index in [9.17, 15) is 0 Å². The molecule has 1 aliphatic carbocycles. The van der Waals surface area contributed by atoms with Crippen LogP contribution in [0.4, 0.5) is 0 Å². The zero-order valence-corrected chi connectivity index (χ0v) is 8.41. The molecule has 0 bridgehead atoms. The quantitative estimate of drug-likeness (QED) is 0.569. The van der Waals surface area contributed by atoms with E-state index in [-0.39, 0.29) is 0 Å². The fourth-order valence-corrected chi connectivity index (χ4v) is 1.56. The Morgan fingerprint density at radius 3 is 2.45 bits per heavy atom. The van der Waals surface area contributed by atoms with Crippen LogP contribution in [0, 0.1) is 5.92 Å². The van der Waals surface area contributed by atoms with Crippen molar-refractivity contribution in [1.29, 1.82) is 0 Å². The summed E-state index contributed by atoms with van der Waals surface area (Å²) >= 11 is 4.41. The third-order valence-electron chi connectivity index (χ3n) is 2.29. The van der Waals surface area contributed by atoms with Gasteiger partial charge in [0.1, 0.15) is 0 Å². The van der Waals surface area contributed by atoms with E-state index >= 15 is 0 Å². The van der Waals surface area contributed by atoms with Crippen LogP contribution in [0.3, 0.4) is 0 Å². The highest BCUT2D eigenvalue weighted by Crippen LogP contribution is 2.29. The molecule has 0 heterocycles. The molecule has 11 heavy (non-hydrogen) atoms. The van der Waals surface area contributed by atoms with Crippen LogP contribution in [0.1, 0.15) is 33.6 Å². The minimum Gasteiger partial charge on any atom is -0.143 e. The molecule has 1 heteroatoms. The molecule has 0 atom stereocenters. The van der Waals surface area contributed by atoms with Gasteiger partial charge in [0.05, 0.1) is 0 Å². The summed E-state index contributed by atoms with van der Waals surface area (Å²) < 4.78 is 0. The molecule has 0 unspecified atom stereocenters. The molecule has 0 aliphatic heterocycles.